The van der Waals surface area contributed by atoms with Crippen molar-refractivity contribution in [1.29, 1.82) is 0 Å². The zero-order valence-corrected chi connectivity index (χ0v) is 14.3. The Kier molecular flexibility index (Phi) is 4.74. The topological polar surface area (TPSA) is 68.2 Å². The highest BCUT2D eigenvalue weighted by atomic mass is 16.5. The predicted octanol–water partition coefficient (Wildman–Crippen LogP) is 2.48. The van der Waals surface area contributed by atoms with Gasteiger partial charge in [-0.3, -0.25) is 4.79 Å². The number of ether oxygens (including phenoxy) is 1. The number of rotatable bonds is 3. The average molecular weight is 326 g/mol. The highest BCUT2D eigenvalue weighted by molar-refractivity contribution is 5.95. The Hall–Kier alpha value is -2.50. The number of piperidine rings is 1. The van der Waals surface area contributed by atoms with E-state index in [2.05, 4.69) is 15.0 Å². The molecule has 1 aliphatic rings. The van der Waals surface area contributed by atoms with E-state index in [0.717, 1.165) is 24.1 Å². The van der Waals surface area contributed by atoms with E-state index >= 15 is 0 Å². The maximum absolute atomic E-state index is 12.6. The van der Waals surface area contributed by atoms with Gasteiger partial charge in [-0.05, 0) is 26.3 Å². The second kappa shape index (κ2) is 6.95. The van der Waals surface area contributed by atoms with Crippen LogP contribution in [0.15, 0.2) is 24.5 Å². The van der Waals surface area contributed by atoms with Gasteiger partial charge in [0.1, 0.15) is 11.9 Å². The molecule has 6 nitrogen and oxygen atoms in total. The number of carbonyl (C=O) groups is 1. The van der Waals surface area contributed by atoms with Crippen LogP contribution < -0.4 is 4.74 Å². The summed E-state index contributed by atoms with van der Waals surface area (Å²) in [6.07, 6.45) is 5.12. The van der Waals surface area contributed by atoms with E-state index in [1.54, 1.807) is 12.4 Å². The second-order valence-electron chi connectivity index (χ2n) is 6.20. The number of hydrogen-bond acceptors (Lipinski definition) is 5. The number of nitrogens with zero attached hydrogens (tertiary/aromatic N) is 4. The van der Waals surface area contributed by atoms with Crippen molar-refractivity contribution in [3.8, 4) is 5.88 Å². The molecule has 0 N–H and O–H groups in total. The molecule has 0 spiro atoms. The molecule has 1 aliphatic heterocycles. The first kappa shape index (κ1) is 16.4. The van der Waals surface area contributed by atoms with Crippen molar-refractivity contribution >= 4 is 5.91 Å². The van der Waals surface area contributed by atoms with Gasteiger partial charge in [0, 0.05) is 44.4 Å². The molecule has 1 saturated heterocycles. The standard InChI is InChI=1S/C18H22N4O2/c1-12-4-5-17(20-10-12)24-15-6-8-22(9-7-15)18(23)16-11-19-14(3)21-13(16)2/h4-5,10-11,15H,6-9H2,1-3H3. The maximum Gasteiger partial charge on any atom is 0.257 e. The molecule has 24 heavy (non-hydrogen) atoms. The van der Waals surface area contributed by atoms with Gasteiger partial charge in [-0.15, -0.1) is 0 Å². The van der Waals surface area contributed by atoms with Crippen LogP contribution in [-0.2, 0) is 0 Å². The molecule has 6 heteroatoms. The molecule has 2 aromatic heterocycles. The van der Waals surface area contributed by atoms with Crippen LogP contribution in [-0.4, -0.2) is 45.0 Å². The van der Waals surface area contributed by atoms with Crippen molar-refractivity contribution in [1.82, 2.24) is 19.9 Å². The highest BCUT2D eigenvalue weighted by Gasteiger charge is 2.26. The Balaban J connectivity index is 1.58. The molecule has 126 valence electrons. The smallest absolute Gasteiger partial charge is 0.257 e. The summed E-state index contributed by atoms with van der Waals surface area (Å²) in [6.45, 7) is 7.01. The summed E-state index contributed by atoms with van der Waals surface area (Å²) in [4.78, 5) is 27.2. The van der Waals surface area contributed by atoms with E-state index in [1.165, 1.54) is 0 Å². The van der Waals surface area contributed by atoms with Crippen molar-refractivity contribution in [3.63, 3.8) is 0 Å². The maximum atomic E-state index is 12.6. The largest absolute Gasteiger partial charge is 0.474 e. The average Bonchev–Trinajstić information content (AvgIpc) is 2.57. The second-order valence-corrected chi connectivity index (χ2v) is 6.20. The SMILES string of the molecule is Cc1ccc(OC2CCN(C(=O)c3cnc(C)nc3C)CC2)nc1. The van der Waals surface area contributed by atoms with Crippen LogP contribution in [0.5, 0.6) is 5.88 Å². The van der Waals surface area contributed by atoms with E-state index in [-0.39, 0.29) is 12.0 Å². The lowest BCUT2D eigenvalue weighted by atomic mass is 10.1. The fourth-order valence-corrected chi connectivity index (χ4v) is 2.83. The fourth-order valence-electron chi connectivity index (χ4n) is 2.83. The van der Waals surface area contributed by atoms with Crippen LogP contribution in [0.25, 0.3) is 0 Å². The molecule has 0 radical (unpaired) electrons. The number of amides is 1. The Bertz CT molecular complexity index is 722. The molecule has 1 amide bonds. The lowest BCUT2D eigenvalue weighted by Gasteiger charge is -2.32. The first-order valence-electron chi connectivity index (χ1n) is 8.22. The van der Waals surface area contributed by atoms with Crippen molar-refractivity contribution in [2.45, 2.75) is 39.7 Å². The van der Waals surface area contributed by atoms with Crippen LogP contribution in [0.2, 0.25) is 0 Å². The van der Waals surface area contributed by atoms with Gasteiger partial charge < -0.3 is 9.64 Å². The number of aromatic nitrogens is 3. The molecule has 0 aliphatic carbocycles. The first-order valence-corrected chi connectivity index (χ1v) is 8.22. The lowest BCUT2D eigenvalue weighted by molar-refractivity contribution is 0.0586. The summed E-state index contributed by atoms with van der Waals surface area (Å²) >= 11 is 0. The molecule has 3 rings (SSSR count). The number of likely N-dealkylation sites (tertiary alicyclic amines) is 1. The summed E-state index contributed by atoms with van der Waals surface area (Å²) in [5.41, 5.74) is 2.42. The summed E-state index contributed by atoms with van der Waals surface area (Å²) in [5, 5.41) is 0. The van der Waals surface area contributed by atoms with Gasteiger partial charge in [0.05, 0.1) is 11.3 Å². The molecule has 0 bridgehead atoms. The molecule has 0 unspecified atom stereocenters. The van der Waals surface area contributed by atoms with Gasteiger partial charge in [0.15, 0.2) is 0 Å². The molecular formula is C18H22N4O2. The zero-order valence-electron chi connectivity index (χ0n) is 14.3. The van der Waals surface area contributed by atoms with Crippen LogP contribution in [0.1, 0.15) is 40.3 Å². The van der Waals surface area contributed by atoms with Crippen LogP contribution in [0.4, 0.5) is 0 Å². The molecule has 2 aromatic rings. The van der Waals surface area contributed by atoms with Gasteiger partial charge >= 0.3 is 0 Å². The first-order chi connectivity index (χ1) is 11.5. The number of hydrogen-bond donors (Lipinski definition) is 0. The van der Waals surface area contributed by atoms with E-state index in [0.29, 0.717) is 30.4 Å². The van der Waals surface area contributed by atoms with Gasteiger partial charge in [0.2, 0.25) is 5.88 Å². The van der Waals surface area contributed by atoms with Crippen LogP contribution >= 0.6 is 0 Å². The molecule has 1 fully saturated rings. The van der Waals surface area contributed by atoms with E-state index in [4.69, 9.17) is 4.74 Å². The van der Waals surface area contributed by atoms with Crippen molar-refractivity contribution in [3.05, 3.63) is 47.2 Å². The summed E-state index contributed by atoms with van der Waals surface area (Å²) in [6, 6.07) is 3.88. The molecule has 3 heterocycles. The summed E-state index contributed by atoms with van der Waals surface area (Å²) in [5.74, 6) is 1.33. The fraction of sp³-hybridized carbons (Fsp3) is 0.444. The van der Waals surface area contributed by atoms with Crippen LogP contribution in [0, 0.1) is 20.8 Å². The Morgan fingerprint density at radius 1 is 1.12 bits per heavy atom. The zero-order chi connectivity index (χ0) is 17.1. The Morgan fingerprint density at radius 3 is 2.50 bits per heavy atom. The molecule has 0 aromatic carbocycles. The third kappa shape index (κ3) is 3.69. The van der Waals surface area contributed by atoms with Gasteiger partial charge in [-0.2, -0.15) is 0 Å². The third-order valence-corrected chi connectivity index (χ3v) is 4.23. The van der Waals surface area contributed by atoms with Crippen LogP contribution in [0.3, 0.4) is 0 Å². The third-order valence-electron chi connectivity index (χ3n) is 4.23. The number of aryl methyl sites for hydroxylation is 3. The van der Waals surface area contributed by atoms with Crippen molar-refractivity contribution in [2.24, 2.45) is 0 Å². The summed E-state index contributed by atoms with van der Waals surface area (Å²) < 4.78 is 5.91. The highest BCUT2D eigenvalue weighted by Crippen LogP contribution is 2.19. The predicted molar refractivity (Wildman–Crippen MR) is 90.0 cm³/mol. The number of pyridine rings is 1. The minimum Gasteiger partial charge on any atom is -0.474 e. The molecule has 0 saturated carbocycles. The van der Waals surface area contributed by atoms with E-state index < -0.39 is 0 Å². The Labute approximate surface area is 141 Å². The minimum absolute atomic E-state index is 0.000545. The monoisotopic (exact) mass is 326 g/mol. The lowest BCUT2D eigenvalue weighted by Crippen LogP contribution is -2.42. The molecular weight excluding hydrogens is 304 g/mol. The van der Waals surface area contributed by atoms with E-state index in [1.807, 2.05) is 37.8 Å². The normalized spacial score (nSPS) is 15.4. The van der Waals surface area contributed by atoms with E-state index in [9.17, 15) is 4.79 Å². The van der Waals surface area contributed by atoms with Crippen molar-refractivity contribution < 1.29 is 9.53 Å². The van der Waals surface area contributed by atoms with Crippen molar-refractivity contribution in [2.75, 3.05) is 13.1 Å². The number of carbonyl (C=O) groups excluding carboxylic acids is 1. The summed E-state index contributed by atoms with van der Waals surface area (Å²) in [7, 11) is 0. The Morgan fingerprint density at radius 2 is 1.88 bits per heavy atom. The molecule has 0 atom stereocenters. The van der Waals surface area contributed by atoms with Gasteiger partial charge in [0.25, 0.3) is 5.91 Å². The van der Waals surface area contributed by atoms with Gasteiger partial charge in [-0.1, -0.05) is 6.07 Å². The van der Waals surface area contributed by atoms with Gasteiger partial charge in [-0.25, -0.2) is 15.0 Å². The quantitative estimate of drug-likeness (QED) is 0.867. The minimum atomic E-state index is -0.000545.